The summed E-state index contributed by atoms with van der Waals surface area (Å²) in [6.07, 6.45) is -1.74. The lowest BCUT2D eigenvalue weighted by Gasteiger charge is -2.30. The predicted molar refractivity (Wildman–Crippen MR) is 101 cm³/mol. The molecule has 0 aromatic heterocycles. The fourth-order valence-corrected chi connectivity index (χ4v) is 2.69. The number of benzene rings is 1. The molecule has 1 aromatic rings. The lowest BCUT2D eigenvalue weighted by Crippen LogP contribution is -2.53. The Morgan fingerprint density at radius 1 is 1.10 bits per heavy atom. The van der Waals surface area contributed by atoms with Crippen molar-refractivity contribution in [3.63, 3.8) is 0 Å². The number of hydrogen-bond acceptors (Lipinski definition) is 7. The van der Waals surface area contributed by atoms with E-state index in [9.17, 15) is 19.2 Å². The molecule has 0 aliphatic carbocycles. The van der Waals surface area contributed by atoms with Crippen LogP contribution in [0.15, 0.2) is 30.3 Å². The van der Waals surface area contributed by atoms with Crippen molar-refractivity contribution in [2.75, 3.05) is 0 Å². The number of imide groups is 1. The number of nitrogens with zero attached hydrogens (tertiary/aromatic N) is 1. The molecule has 158 valence electrons. The first-order chi connectivity index (χ1) is 13.6. The van der Waals surface area contributed by atoms with E-state index < -0.39 is 41.6 Å². The van der Waals surface area contributed by atoms with Crippen molar-refractivity contribution in [3.05, 3.63) is 35.9 Å². The van der Waals surface area contributed by atoms with Crippen molar-refractivity contribution < 1.29 is 33.5 Å². The molecule has 2 rings (SSSR count). The fraction of sp³-hybridized carbons (Fsp3) is 0.500. The molecule has 9 heteroatoms. The monoisotopic (exact) mass is 406 g/mol. The summed E-state index contributed by atoms with van der Waals surface area (Å²) in [4.78, 5) is 53.2. The number of hydrogen-bond donors (Lipinski definition) is 1. The van der Waals surface area contributed by atoms with Crippen LogP contribution in [0.2, 0.25) is 0 Å². The molecule has 0 bridgehead atoms. The van der Waals surface area contributed by atoms with E-state index >= 15 is 0 Å². The Hall–Kier alpha value is -2.94. The molecular formula is C20H26N2O7. The van der Waals surface area contributed by atoms with Gasteiger partial charge in [-0.05, 0) is 33.3 Å². The van der Waals surface area contributed by atoms with E-state index in [2.05, 4.69) is 5.32 Å². The van der Waals surface area contributed by atoms with E-state index in [4.69, 9.17) is 14.3 Å². The Labute approximate surface area is 169 Å². The Morgan fingerprint density at radius 3 is 2.24 bits per heavy atom. The van der Waals surface area contributed by atoms with Gasteiger partial charge in [0, 0.05) is 12.8 Å². The zero-order chi connectivity index (χ0) is 21.6. The van der Waals surface area contributed by atoms with Gasteiger partial charge in [-0.25, -0.2) is 9.59 Å². The molecule has 1 aliphatic rings. The second kappa shape index (κ2) is 9.51. The first kappa shape index (κ1) is 22.4. The van der Waals surface area contributed by atoms with Crippen LogP contribution in [-0.4, -0.2) is 46.7 Å². The molecule has 1 aliphatic heterocycles. The molecule has 3 amide bonds. The zero-order valence-corrected chi connectivity index (χ0v) is 17.0. The molecular weight excluding hydrogens is 380 g/mol. The summed E-state index contributed by atoms with van der Waals surface area (Å²) in [5, 5.41) is 2.83. The molecule has 0 saturated carbocycles. The third kappa shape index (κ3) is 6.86. The Kier molecular flexibility index (Phi) is 7.33. The maximum absolute atomic E-state index is 12.6. The first-order valence-electron chi connectivity index (χ1n) is 9.29. The summed E-state index contributed by atoms with van der Waals surface area (Å²) in [6, 6.07) is 7.73. The summed E-state index contributed by atoms with van der Waals surface area (Å²) in [5.74, 6) is -2.22. The third-order valence-electron chi connectivity index (χ3n) is 3.94. The second-order valence-electron chi connectivity index (χ2n) is 7.61. The molecule has 0 unspecified atom stereocenters. The van der Waals surface area contributed by atoms with E-state index in [-0.39, 0.29) is 19.4 Å². The van der Waals surface area contributed by atoms with E-state index in [1.165, 1.54) is 0 Å². The van der Waals surface area contributed by atoms with Crippen LogP contribution in [0.5, 0.6) is 0 Å². The number of nitrogens with one attached hydrogen (secondary N) is 1. The van der Waals surface area contributed by atoms with Crippen molar-refractivity contribution >= 4 is 23.9 Å². The molecule has 1 aromatic carbocycles. The van der Waals surface area contributed by atoms with Gasteiger partial charge in [-0.15, -0.1) is 5.06 Å². The topological polar surface area (TPSA) is 111 Å². The van der Waals surface area contributed by atoms with Gasteiger partial charge in [0.25, 0.3) is 11.8 Å². The lowest BCUT2D eigenvalue weighted by molar-refractivity contribution is -0.202. The highest BCUT2D eigenvalue weighted by Crippen LogP contribution is 2.17. The van der Waals surface area contributed by atoms with Gasteiger partial charge in [0.1, 0.15) is 6.61 Å². The molecule has 9 nitrogen and oxygen atoms in total. The summed E-state index contributed by atoms with van der Waals surface area (Å²) < 4.78 is 10.9. The Bertz CT molecular complexity index is 742. The number of carbonyl (C=O) groups excluding carboxylic acids is 4. The van der Waals surface area contributed by atoms with Gasteiger partial charge in [0.2, 0.25) is 0 Å². The molecule has 1 N–H and O–H groups in total. The molecule has 0 spiro atoms. The van der Waals surface area contributed by atoms with Crippen LogP contribution in [-0.2, 0) is 35.3 Å². The van der Waals surface area contributed by atoms with Crippen LogP contribution >= 0.6 is 0 Å². The summed E-state index contributed by atoms with van der Waals surface area (Å²) in [7, 11) is 0. The minimum absolute atomic E-state index is 0.00600. The molecule has 29 heavy (non-hydrogen) atoms. The number of alkyl carbamates (subject to hydrolysis) is 1. The predicted octanol–water partition coefficient (Wildman–Crippen LogP) is 2.09. The van der Waals surface area contributed by atoms with Gasteiger partial charge in [0.15, 0.2) is 6.04 Å². The van der Waals surface area contributed by atoms with Crippen molar-refractivity contribution in [1.82, 2.24) is 10.4 Å². The van der Waals surface area contributed by atoms with Gasteiger partial charge < -0.3 is 19.6 Å². The van der Waals surface area contributed by atoms with Crippen molar-refractivity contribution in [3.8, 4) is 0 Å². The van der Waals surface area contributed by atoms with Crippen molar-refractivity contribution in [1.29, 1.82) is 0 Å². The highest BCUT2D eigenvalue weighted by molar-refractivity contribution is 6.01. The van der Waals surface area contributed by atoms with Gasteiger partial charge >= 0.3 is 12.1 Å². The number of carbonyl (C=O) groups is 4. The normalized spacial score (nSPS) is 16.3. The van der Waals surface area contributed by atoms with Crippen LogP contribution in [0.4, 0.5) is 4.79 Å². The maximum Gasteiger partial charge on any atom is 0.408 e. The Balaban J connectivity index is 2.05. The lowest BCUT2D eigenvalue weighted by atomic mass is 10.1. The first-order valence-corrected chi connectivity index (χ1v) is 9.29. The number of hydroxylamine groups is 2. The summed E-state index contributed by atoms with van der Waals surface area (Å²) >= 11 is 0. The SMILES string of the molecule is C[C@@H](OC(C)(C)C)[C@H](NC(=O)OCc1ccccc1)C(=O)ON1C(=O)CCC1=O. The maximum atomic E-state index is 12.6. The third-order valence-corrected chi connectivity index (χ3v) is 3.94. The van der Waals surface area contributed by atoms with Crippen LogP contribution < -0.4 is 5.32 Å². The largest absolute Gasteiger partial charge is 0.445 e. The van der Waals surface area contributed by atoms with Gasteiger partial charge in [-0.2, -0.15) is 0 Å². The van der Waals surface area contributed by atoms with Crippen LogP contribution in [0.1, 0.15) is 46.1 Å². The second-order valence-corrected chi connectivity index (χ2v) is 7.61. The minimum Gasteiger partial charge on any atom is -0.445 e. The highest BCUT2D eigenvalue weighted by Gasteiger charge is 2.38. The van der Waals surface area contributed by atoms with Crippen LogP contribution in [0.25, 0.3) is 0 Å². The smallest absolute Gasteiger partial charge is 0.408 e. The molecule has 2 atom stereocenters. The van der Waals surface area contributed by atoms with Gasteiger partial charge in [0.05, 0.1) is 11.7 Å². The average molecular weight is 406 g/mol. The molecule has 1 heterocycles. The van der Waals surface area contributed by atoms with Gasteiger partial charge in [-0.3, -0.25) is 9.59 Å². The Morgan fingerprint density at radius 2 is 1.69 bits per heavy atom. The number of amides is 3. The highest BCUT2D eigenvalue weighted by atomic mass is 16.7. The average Bonchev–Trinajstić information content (AvgIpc) is 2.95. The van der Waals surface area contributed by atoms with E-state index in [1.807, 2.05) is 6.07 Å². The zero-order valence-electron chi connectivity index (χ0n) is 17.0. The summed E-state index contributed by atoms with van der Waals surface area (Å²) in [5.41, 5.74) is 0.154. The molecule has 1 saturated heterocycles. The standard InChI is InChI=1S/C20H26N2O7/c1-13(28-20(2,3)4)17(18(25)29-22-15(23)10-11-16(22)24)21-19(26)27-12-14-8-6-5-7-9-14/h5-9,13,17H,10-12H2,1-4H3,(H,21,26)/t13-,17+/m1/s1. The molecule has 0 radical (unpaired) electrons. The number of rotatable bonds is 7. The van der Waals surface area contributed by atoms with E-state index in [0.29, 0.717) is 5.06 Å². The summed E-state index contributed by atoms with van der Waals surface area (Å²) in [6.45, 7) is 6.93. The van der Waals surface area contributed by atoms with Crippen LogP contribution in [0.3, 0.4) is 0 Å². The quantitative estimate of drug-likeness (QED) is 0.690. The van der Waals surface area contributed by atoms with Gasteiger partial charge in [-0.1, -0.05) is 30.3 Å². The van der Waals surface area contributed by atoms with Crippen molar-refractivity contribution in [2.24, 2.45) is 0 Å². The van der Waals surface area contributed by atoms with Crippen LogP contribution in [0, 0.1) is 0 Å². The van der Waals surface area contributed by atoms with E-state index in [0.717, 1.165) is 5.56 Å². The number of ether oxygens (including phenoxy) is 2. The van der Waals surface area contributed by atoms with E-state index in [1.54, 1.807) is 52.0 Å². The fourth-order valence-electron chi connectivity index (χ4n) is 2.69. The minimum atomic E-state index is -1.29. The van der Waals surface area contributed by atoms with Crippen molar-refractivity contribution in [2.45, 2.75) is 64.9 Å². The molecule has 1 fully saturated rings.